The van der Waals surface area contributed by atoms with E-state index >= 15 is 0 Å². The molecule has 0 aromatic rings. The monoisotopic (exact) mass is 1170 g/mol. The number of carbonyl (C=O) groups excluding carboxylic acids is 3. The zero-order chi connectivity index (χ0) is 60.3. The number of aliphatic hydroxyl groups excluding tert-OH is 2. The fourth-order valence-corrected chi connectivity index (χ4v) is 10.1. The molecule has 1 aliphatic heterocycles. The molecule has 0 bridgehead atoms. The van der Waals surface area contributed by atoms with E-state index in [4.69, 9.17) is 23.7 Å². The third-order valence-corrected chi connectivity index (χ3v) is 15.3. The van der Waals surface area contributed by atoms with Crippen LogP contribution >= 0.6 is 0 Å². The van der Waals surface area contributed by atoms with E-state index in [9.17, 15) is 34.5 Å². The Kier molecular flexibility index (Phi) is 54.4. The lowest BCUT2D eigenvalue weighted by atomic mass is 9.98. The molecule has 0 amide bonds. The topological polar surface area (TPSA) is 175 Å². The minimum atomic E-state index is -1.91. The summed E-state index contributed by atoms with van der Waals surface area (Å²) in [6.07, 6.45) is 63.0. The van der Waals surface area contributed by atoms with Crippen molar-refractivity contribution >= 4 is 23.9 Å². The van der Waals surface area contributed by atoms with Gasteiger partial charge in [0.15, 0.2) is 24.6 Å². The number of carbonyl (C=O) groups is 4. The minimum absolute atomic E-state index is 0.0487. The Bertz CT molecular complexity index is 1720. The fraction of sp³-hybridized carbons (Fsp3) is 0.775. The van der Waals surface area contributed by atoms with Gasteiger partial charge in [-0.1, -0.05) is 273 Å². The summed E-state index contributed by atoms with van der Waals surface area (Å²) >= 11 is 0. The summed E-state index contributed by atoms with van der Waals surface area (Å²) in [5.41, 5.74) is 0. The van der Waals surface area contributed by atoms with Crippen LogP contribution in [0.3, 0.4) is 0 Å². The highest BCUT2D eigenvalue weighted by molar-refractivity contribution is 5.74. The van der Waals surface area contributed by atoms with Gasteiger partial charge in [-0.05, 0) is 83.5 Å². The lowest BCUT2D eigenvalue weighted by molar-refractivity contribution is -0.301. The van der Waals surface area contributed by atoms with Crippen LogP contribution in [0.4, 0.5) is 0 Å². The van der Waals surface area contributed by atoms with Gasteiger partial charge >= 0.3 is 23.9 Å². The van der Waals surface area contributed by atoms with Gasteiger partial charge in [-0.2, -0.15) is 0 Å². The van der Waals surface area contributed by atoms with Crippen molar-refractivity contribution in [2.45, 2.75) is 340 Å². The van der Waals surface area contributed by atoms with Crippen molar-refractivity contribution in [3.8, 4) is 0 Å². The summed E-state index contributed by atoms with van der Waals surface area (Å²) in [5.74, 6) is -3.19. The van der Waals surface area contributed by atoms with E-state index in [1.807, 2.05) is 6.08 Å². The van der Waals surface area contributed by atoms with E-state index in [2.05, 4.69) is 87.6 Å². The van der Waals surface area contributed by atoms with E-state index in [-0.39, 0.29) is 25.9 Å². The van der Waals surface area contributed by atoms with E-state index in [0.29, 0.717) is 25.7 Å². The van der Waals surface area contributed by atoms with Crippen molar-refractivity contribution in [1.29, 1.82) is 0 Å². The predicted octanol–water partition coefficient (Wildman–Crippen LogP) is 18.5. The number of rotatable bonds is 58. The lowest BCUT2D eigenvalue weighted by Gasteiger charge is -2.40. The highest BCUT2D eigenvalue weighted by atomic mass is 16.7. The number of allylic oxidation sites excluding steroid dienone is 12. The number of unbranched alkanes of at least 4 members (excludes halogenated alkanes) is 32. The zero-order valence-corrected chi connectivity index (χ0v) is 52.9. The van der Waals surface area contributed by atoms with Gasteiger partial charge in [0.1, 0.15) is 18.8 Å². The Labute approximate surface area is 506 Å². The largest absolute Gasteiger partial charge is 0.479 e. The number of carboxylic acids is 1. The average Bonchev–Trinajstić information content (AvgIpc) is 3.59. The van der Waals surface area contributed by atoms with Crippen molar-refractivity contribution < 1.29 is 58.2 Å². The van der Waals surface area contributed by atoms with E-state index in [1.165, 1.54) is 148 Å². The molecule has 0 saturated carbocycles. The van der Waals surface area contributed by atoms with Gasteiger partial charge in [0, 0.05) is 19.3 Å². The van der Waals surface area contributed by atoms with Crippen molar-refractivity contribution in [1.82, 2.24) is 0 Å². The van der Waals surface area contributed by atoms with Crippen LogP contribution < -0.4 is 0 Å². The molecular formula is C71H122O12. The second-order valence-corrected chi connectivity index (χ2v) is 23.1. The molecule has 0 radical (unpaired) electrons. The molecule has 0 spiro atoms. The molecule has 0 aromatic carbocycles. The van der Waals surface area contributed by atoms with Crippen LogP contribution in [0, 0.1) is 0 Å². The third-order valence-electron chi connectivity index (χ3n) is 15.3. The third kappa shape index (κ3) is 48.0. The maximum Gasteiger partial charge on any atom is 0.335 e. The molecule has 0 aliphatic carbocycles. The SMILES string of the molecule is CC/C=C\C/C=C\C/C=C\C/C=C\C/C=C\CCCC(=O)OC(COC(=O)CCCCCCCCCCCCCCCCCCCCC)COC1OC(C(=O)O)C(O)C(O)C1OC(=O)CCCCCCCCC/C=C\CCCCCCCC. The van der Waals surface area contributed by atoms with Gasteiger partial charge in [-0.3, -0.25) is 14.4 Å². The molecule has 478 valence electrons. The molecule has 0 aromatic heterocycles. The van der Waals surface area contributed by atoms with Crippen LogP contribution in [0.15, 0.2) is 72.9 Å². The summed E-state index contributed by atoms with van der Waals surface area (Å²) in [4.78, 5) is 51.4. The maximum absolute atomic E-state index is 13.2. The van der Waals surface area contributed by atoms with Gasteiger partial charge in [-0.25, -0.2) is 4.79 Å². The first kappa shape index (κ1) is 77.2. The summed E-state index contributed by atoms with van der Waals surface area (Å²) < 4.78 is 28.5. The van der Waals surface area contributed by atoms with Gasteiger partial charge in [0.2, 0.25) is 0 Å². The van der Waals surface area contributed by atoms with Crippen molar-refractivity contribution in [2.24, 2.45) is 0 Å². The molecule has 1 saturated heterocycles. The lowest BCUT2D eigenvalue weighted by Crippen LogP contribution is -2.61. The van der Waals surface area contributed by atoms with Crippen LogP contribution in [0.2, 0.25) is 0 Å². The fourth-order valence-electron chi connectivity index (χ4n) is 10.1. The molecule has 1 heterocycles. The van der Waals surface area contributed by atoms with E-state index in [0.717, 1.165) is 89.9 Å². The quantitative estimate of drug-likeness (QED) is 0.0228. The zero-order valence-electron chi connectivity index (χ0n) is 52.9. The molecule has 12 nitrogen and oxygen atoms in total. The smallest absolute Gasteiger partial charge is 0.335 e. The Balaban J connectivity index is 2.67. The van der Waals surface area contributed by atoms with Crippen LogP contribution in [-0.4, -0.2) is 89.2 Å². The Morgan fingerprint density at radius 3 is 1.20 bits per heavy atom. The molecule has 3 N–H and O–H groups in total. The first-order valence-corrected chi connectivity index (χ1v) is 33.9. The number of hydrogen-bond acceptors (Lipinski definition) is 11. The summed E-state index contributed by atoms with van der Waals surface area (Å²) in [7, 11) is 0. The van der Waals surface area contributed by atoms with E-state index in [1.54, 1.807) is 0 Å². The average molecular weight is 1170 g/mol. The highest BCUT2D eigenvalue weighted by Gasteiger charge is 2.50. The number of carboxylic acid groups (broad SMARTS) is 1. The number of aliphatic hydroxyl groups is 2. The number of ether oxygens (including phenoxy) is 5. The molecule has 1 fully saturated rings. The van der Waals surface area contributed by atoms with Crippen molar-refractivity contribution in [3.05, 3.63) is 72.9 Å². The second-order valence-electron chi connectivity index (χ2n) is 23.1. The molecule has 6 atom stereocenters. The van der Waals surface area contributed by atoms with Crippen LogP contribution in [0.1, 0.15) is 303 Å². The maximum atomic E-state index is 13.2. The van der Waals surface area contributed by atoms with E-state index < -0.39 is 67.3 Å². The molecular weight excluding hydrogens is 1040 g/mol. The number of hydrogen-bond donors (Lipinski definition) is 3. The van der Waals surface area contributed by atoms with Gasteiger partial charge in [0.25, 0.3) is 0 Å². The first-order chi connectivity index (χ1) is 40.6. The standard InChI is InChI=1S/C71H122O12/c1-4-7-10-13-16-19-22-25-28-31-32-35-36-39-42-45-48-51-54-57-63(72)79-60-62(81-64(73)58-55-52-49-46-43-40-37-33-29-26-23-20-17-14-11-8-5-2)61-80-71-69(67(76)66(75)68(83-71)70(77)78)82-65(74)59-56-53-50-47-44-41-38-34-30-27-24-21-18-15-12-9-6-3/h8,11,17,20,26-27,29-30,37,40,46,49,62,66-69,71,75-76H,4-7,9-10,12-16,18-19,21-25,28,31-36,38-39,41-45,47-48,50-61H2,1-3H3,(H,77,78)/b11-8-,20-17-,29-26-,30-27-,40-37-,49-46-. The van der Waals surface area contributed by atoms with Crippen LogP contribution in [-0.2, 0) is 42.9 Å². The summed E-state index contributed by atoms with van der Waals surface area (Å²) in [6, 6.07) is 0. The van der Waals surface area contributed by atoms with Gasteiger partial charge in [-0.15, -0.1) is 0 Å². The Hall–Kier alpha value is -3.84. The summed E-state index contributed by atoms with van der Waals surface area (Å²) in [5, 5.41) is 31.6. The second kappa shape index (κ2) is 58.5. The Morgan fingerprint density at radius 1 is 0.410 bits per heavy atom. The van der Waals surface area contributed by atoms with Crippen molar-refractivity contribution in [2.75, 3.05) is 13.2 Å². The molecule has 1 rings (SSSR count). The predicted molar refractivity (Wildman–Crippen MR) is 340 cm³/mol. The first-order valence-electron chi connectivity index (χ1n) is 33.9. The number of aliphatic carboxylic acids is 1. The van der Waals surface area contributed by atoms with Gasteiger partial charge < -0.3 is 39.0 Å². The van der Waals surface area contributed by atoms with Gasteiger partial charge in [0.05, 0.1) is 6.61 Å². The number of esters is 3. The Morgan fingerprint density at radius 2 is 0.771 bits per heavy atom. The normalized spacial score (nSPS) is 18.0. The van der Waals surface area contributed by atoms with Crippen LogP contribution in [0.5, 0.6) is 0 Å². The van der Waals surface area contributed by atoms with Crippen LogP contribution in [0.25, 0.3) is 0 Å². The van der Waals surface area contributed by atoms with Crippen molar-refractivity contribution in [3.63, 3.8) is 0 Å². The highest BCUT2D eigenvalue weighted by Crippen LogP contribution is 2.27. The molecule has 6 unspecified atom stereocenters. The molecule has 12 heteroatoms. The molecule has 83 heavy (non-hydrogen) atoms. The summed E-state index contributed by atoms with van der Waals surface area (Å²) in [6.45, 7) is 5.88. The minimum Gasteiger partial charge on any atom is -0.479 e. The molecule has 1 aliphatic rings.